The van der Waals surface area contributed by atoms with E-state index in [4.69, 9.17) is 0 Å². The van der Waals surface area contributed by atoms with E-state index in [1.54, 1.807) is 12.1 Å². The predicted molar refractivity (Wildman–Crippen MR) is 47.2 cm³/mol. The standard InChI is InChI=1S/C9H6FN3O/c10-7-3-1-2-6(4-7)9-8(5-14)11-13-12-9/h1-5H,(H,11,12,13). The van der Waals surface area contributed by atoms with Gasteiger partial charge < -0.3 is 0 Å². The second kappa shape index (κ2) is 3.37. The highest BCUT2D eigenvalue weighted by Gasteiger charge is 2.09. The maximum atomic E-state index is 12.8. The first kappa shape index (κ1) is 8.55. The fourth-order valence-corrected chi connectivity index (χ4v) is 1.17. The van der Waals surface area contributed by atoms with Gasteiger partial charge in [0.15, 0.2) is 12.0 Å². The van der Waals surface area contributed by atoms with Gasteiger partial charge in [0.2, 0.25) is 0 Å². The van der Waals surface area contributed by atoms with E-state index in [0.717, 1.165) is 0 Å². The summed E-state index contributed by atoms with van der Waals surface area (Å²) < 4.78 is 12.8. The number of aldehydes is 1. The van der Waals surface area contributed by atoms with Crippen molar-refractivity contribution in [2.45, 2.75) is 0 Å². The van der Waals surface area contributed by atoms with Crippen molar-refractivity contribution in [3.63, 3.8) is 0 Å². The molecule has 1 aromatic heterocycles. The summed E-state index contributed by atoms with van der Waals surface area (Å²) in [5.41, 5.74) is 1.07. The molecule has 0 unspecified atom stereocenters. The number of benzene rings is 1. The zero-order chi connectivity index (χ0) is 9.97. The molecule has 70 valence electrons. The molecule has 0 atom stereocenters. The van der Waals surface area contributed by atoms with Crippen LogP contribution in [0.15, 0.2) is 24.3 Å². The molecule has 0 bridgehead atoms. The number of aromatic amines is 1. The second-order valence-electron chi connectivity index (χ2n) is 2.69. The SMILES string of the molecule is O=Cc1n[nH]nc1-c1cccc(F)c1. The number of carbonyl (C=O) groups is 1. The van der Waals surface area contributed by atoms with Crippen molar-refractivity contribution in [1.29, 1.82) is 0 Å². The average molecular weight is 191 g/mol. The molecule has 2 aromatic rings. The zero-order valence-electron chi connectivity index (χ0n) is 7.07. The smallest absolute Gasteiger partial charge is 0.172 e. The van der Waals surface area contributed by atoms with Crippen molar-refractivity contribution < 1.29 is 9.18 Å². The Morgan fingerprint density at radius 2 is 2.21 bits per heavy atom. The molecule has 0 spiro atoms. The number of H-pyrrole nitrogens is 1. The van der Waals surface area contributed by atoms with Crippen LogP contribution in [-0.4, -0.2) is 21.7 Å². The average Bonchev–Trinajstić information content (AvgIpc) is 2.65. The summed E-state index contributed by atoms with van der Waals surface area (Å²) in [6, 6.07) is 5.83. The van der Waals surface area contributed by atoms with Gasteiger partial charge in [-0.3, -0.25) is 4.79 Å². The van der Waals surface area contributed by atoms with E-state index in [9.17, 15) is 9.18 Å². The van der Waals surface area contributed by atoms with E-state index in [1.807, 2.05) is 0 Å². The van der Waals surface area contributed by atoms with Crippen LogP contribution in [0.4, 0.5) is 4.39 Å². The first-order valence-corrected chi connectivity index (χ1v) is 3.93. The number of halogens is 1. The van der Waals surface area contributed by atoms with Gasteiger partial charge in [0, 0.05) is 5.56 Å². The maximum absolute atomic E-state index is 12.8. The molecule has 0 aliphatic carbocycles. The highest BCUT2D eigenvalue weighted by Crippen LogP contribution is 2.18. The lowest BCUT2D eigenvalue weighted by Gasteiger charge is -1.95. The van der Waals surface area contributed by atoms with Gasteiger partial charge in [0.05, 0.1) is 0 Å². The highest BCUT2D eigenvalue weighted by molar-refractivity contribution is 5.82. The maximum Gasteiger partial charge on any atom is 0.172 e. The van der Waals surface area contributed by atoms with Crippen LogP contribution in [-0.2, 0) is 0 Å². The molecular weight excluding hydrogens is 185 g/mol. The molecule has 0 saturated carbocycles. The minimum Gasteiger partial charge on any atom is -0.296 e. The van der Waals surface area contributed by atoms with Crippen molar-refractivity contribution in [1.82, 2.24) is 15.4 Å². The molecule has 0 fully saturated rings. The molecule has 1 N–H and O–H groups in total. The minimum absolute atomic E-state index is 0.176. The van der Waals surface area contributed by atoms with E-state index in [0.29, 0.717) is 17.5 Å². The van der Waals surface area contributed by atoms with Crippen LogP contribution in [0, 0.1) is 5.82 Å². The van der Waals surface area contributed by atoms with Crippen molar-refractivity contribution in [3.05, 3.63) is 35.8 Å². The lowest BCUT2D eigenvalue weighted by molar-refractivity contribution is 0.111. The number of nitrogens with one attached hydrogen (secondary N) is 1. The molecule has 0 radical (unpaired) electrons. The van der Waals surface area contributed by atoms with Crippen molar-refractivity contribution in [3.8, 4) is 11.3 Å². The number of hydrogen-bond acceptors (Lipinski definition) is 3. The Balaban J connectivity index is 2.54. The Kier molecular flexibility index (Phi) is 2.06. The molecule has 0 aliphatic heterocycles. The van der Waals surface area contributed by atoms with E-state index < -0.39 is 0 Å². The Hall–Kier alpha value is -2.04. The van der Waals surface area contributed by atoms with Gasteiger partial charge >= 0.3 is 0 Å². The molecule has 2 rings (SSSR count). The van der Waals surface area contributed by atoms with E-state index in [2.05, 4.69) is 15.4 Å². The normalized spacial score (nSPS) is 10.1. The van der Waals surface area contributed by atoms with Crippen LogP contribution in [0.1, 0.15) is 10.5 Å². The fourth-order valence-electron chi connectivity index (χ4n) is 1.17. The van der Waals surface area contributed by atoms with Gasteiger partial charge in [-0.15, -0.1) is 0 Å². The summed E-state index contributed by atoms with van der Waals surface area (Å²) in [5.74, 6) is -0.373. The third kappa shape index (κ3) is 1.39. The van der Waals surface area contributed by atoms with Crippen LogP contribution in [0.5, 0.6) is 0 Å². The number of aromatic nitrogens is 3. The first-order chi connectivity index (χ1) is 6.81. The molecular formula is C9H6FN3O. The van der Waals surface area contributed by atoms with Gasteiger partial charge in [-0.05, 0) is 12.1 Å². The summed E-state index contributed by atoms with van der Waals surface area (Å²) in [6.45, 7) is 0. The Labute approximate surface area is 78.8 Å². The summed E-state index contributed by atoms with van der Waals surface area (Å²) in [4.78, 5) is 10.5. The first-order valence-electron chi connectivity index (χ1n) is 3.93. The zero-order valence-corrected chi connectivity index (χ0v) is 7.07. The number of carbonyl (C=O) groups excluding carboxylic acids is 1. The Bertz CT molecular complexity index is 467. The van der Waals surface area contributed by atoms with Gasteiger partial charge in [-0.1, -0.05) is 12.1 Å². The minimum atomic E-state index is -0.373. The van der Waals surface area contributed by atoms with E-state index in [1.165, 1.54) is 12.1 Å². The quantitative estimate of drug-likeness (QED) is 0.730. The largest absolute Gasteiger partial charge is 0.296 e. The van der Waals surface area contributed by atoms with Crippen LogP contribution in [0.3, 0.4) is 0 Å². The predicted octanol–water partition coefficient (Wildman–Crippen LogP) is 1.42. The van der Waals surface area contributed by atoms with Crippen LogP contribution >= 0.6 is 0 Å². The van der Waals surface area contributed by atoms with Crippen molar-refractivity contribution >= 4 is 6.29 Å². The van der Waals surface area contributed by atoms with E-state index >= 15 is 0 Å². The van der Waals surface area contributed by atoms with Crippen LogP contribution in [0.25, 0.3) is 11.3 Å². The topological polar surface area (TPSA) is 58.6 Å². The molecule has 5 heteroatoms. The molecule has 1 aromatic carbocycles. The Morgan fingerprint density at radius 3 is 2.93 bits per heavy atom. The van der Waals surface area contributed by atoms with Gasteiger partial charge in [0.25, 0.3) is 0 Å². The fraction of sp³-hybridized carbons (Fsp3) is 0. The third-order valence-electron chi connectivity index (χ3n) is 1.78. The number of hydrogen-bond donors (Lipinski definition) is 1. The molecule has 0 amide bonds. The van der Waals surface area contributed by atoms with Gasteiger partial charge in [-0.2, -0.15) is 15.4 Å². The monoisotopic (exact) mass is 191 g/mol. The van der Waals surface area contributed by atoms with Crippen molar-refractivity contribution in [2.75, 3.05) is 0 Å². The second-order valence-corrected chi connectivity index (χ2v) is 2.69. The lowest BCUT2D eigenvalue weighted by atomic mass is 10.1. The third-order valence-corrected chi connectivity index (χ3v) is 1.78. The summed E-state index contributed by atoms with van der Waals surface area (Å²) >= 11 is 0. The summed E-state index contributed by atoms with van der Waals surface area (Å²) in [7, 11) is 0. The molecule has 14 heavy (non-hydrogen) atoms. The van der Waals surface area contributed by atoms with Crippen molar-refractivity contribution in [2.24, 2.45) is 0 Å². The molecule has 4 nitrogen and oxygen atoms in total. The molecule has 1 heterocycles. The van der Waals surface area contributed by atoms with Gasteiger partial charge in [-0.25, -0.2) is 4.39 Å². The summed E-state index contributed by atoms with van der Waals surface area (Å²) in [5, 5.41) is 9.69. The van der Waals surface area contributed by atoms with Crippen LogP contribution in [0.2, 0.25) is 0 Å². The molecule has 0 aliphatic rings. The van der Waals surface area contributed by atoms with Gasteiger partial charge in [0.1, 0.15) is 11.5 Å². The lowest BCUT2D eigenvalue weighted by Crippen LogP contribution is -1.86. The Morgan fingerprint density at radius 1 is 1.36 bits per heavy atom. The molecule has 0 saturated heterocycles. The van der Waals surface area contributed by atoms with Crippen LogP contribution < -0.4 is 0 Å². The summed E-state index contributed by atoms with van der Waals surface area (Å²) in [6.07, 6.45) is 0.573. The number of rotatable bonds is 2. The highest BCUT2D eigenvalue weighted by atomic mass is 19.1. The van der Waals surface area contributed by atoms with E-state index in [-0.39, 0.29) is 11.5 Å². The number of nitrogens with zero attached hydrogens (tertiary/aromatic N) is 2.